The summed E-state index contributed by atoms with van der Waals surface area (Å²) in [6.45, 7) is 12.6. The smallest absolute Gasteiger partial charge is 0.410 e. The Morgan fingerprint density at radius 3 is 2.12 bits per heavy atom. The number of aliphatic hydroxyl groups is 2. The SMILES string of the molecule is COc1ccc(C(=O)C2=C[C@@]34C=C[C@@]25[C@@H]2CC[C@@](O)(CN(CC67CC8CC(CC(C8)C6)C7)C(=O)O[C@H]6C[C@@H](C)CC[C@@H]6C(C)C)[C@@]2(C)CC[C@@H]5[C@@]3(C)CCC(O)C4)cc1. The average Bonchev–Trinajstić information content (AvgIpc) is 3.46. The van der Waals surface area contributed by atoms with Crippen molar-refractivity contribution in [3.63, 3.8) is 0 Å². The number of hydrogen-bond donors (Lipinski definition) is 2. The van der Waals surface area contributed by atoms with Gasteiger partial charge in [-0.25, -0.2) is 4.79 Å². The summed E-state index contributed by atoms with van der Waals surface area (Å²) in [6.07, 6.45) is 22.7. The van der Waals surface area contributed by atoms with Gasteiger partial charge < -0.3 is 24.6 Å². The van der Waals surface area contributed by atoms with Crippen LogP contribution in [0.1, 0.15) is 148 Å². The molecule has 2 N–H and O–H groups in total. The van der Waals surface area contributed by atoms with Crippen molar-refractivity contribution in [2.75, 3.05) is 20.2 Å². The van der Waals surface area contributed by atoms with E-state index in [1.807, 2.05) is 29.2 Å². The highest BCUT2D eigenvalue weighted by molar-refractivity contribution is 6.10. The van der Waals surface area contributed by atoms with E-state index in [1.165, 1.54) is 44.9 Å². The number of amides is 1. The third-order valence-electron chi connectivity index (χ3n) is 19.9. The van der Waals surface area contributed by atoms with Gasteiger partial charge >= 0.3 is 6.09 Å². The molecule has 0 heterocycles. The predicted molar refractivity (Wildman–Crippen MR) is 230 cm³/mol. The van der Waals surface area contributed by atoms with Gasteiger partial charge in [0.25, 0.3) is 0 Å². The number of carbonyl (C=O) groups excluding carboxylic acids is 2. The van der Waals surface area contributed by atoms with Crippen LogP contribution in [-0.4, -0.2) is 65.0 Å². The molecule has 0 aliphatic heterocycles. The third kappa shape index (κ3) is 5.98. The molecule has 12 rings (SSSR count). The molecule has 0 radical (unpaired) electrons. The fourth-order valence-corrected chi connectivity index (χ4v) is 17.3. The van der Waals surface area contributed by atoms with Gasteiger partial charge in [-0.2, -0.15) is 0 Å². The number of Topliss-reactive ketones (excluding diaryl/α,β-unsaturated/α-hetero) is 1. The number of methoxy groups -OCH3 is 1. The second kappa shape index (κ2) is 13.9. The highest BCUT2D eigenvalue weighted by atomic mass is 16.6. The number of allylic oxidation sites excluding steroid dienone is 4. The second-order valence-electron chi connectivity index (χ2n) is 23.4. The van der Waals surface area contributed by atoms with E-state index in [-0.39, 0.29) is 46.1 Å². The van der Waals surface area contributed by atoms with Gasteiger partial charge in [0.15, 0.2) is 5.78 Å². The number of hydrogen-bond acceptors (Lipinski definition) is 6. The van der Waals surface area contributed by atoms with Crippen molar-refractivity contribution < 1.29 is 29.3 Å². The van der Waals surface area contributed by atoms with Crippen molar-refractivity contribution >= 4 is 11.9 Å². The molecule has 11 aliphatic carbocycles. The first-order valence-electron chi connectivity index (χ1n) is 24.0. The van der Waals surface area contributed by atoms with Crippen LogP contribution >= 0.6 is 0 Å². The van der Waals surface area contributed by atoms with Crippen molar-refractivity contribution in [3.8, 4) is 5.75 Å². The molecule has 1 amide bonds. The fraction of sp³-hybridized carbons (Fsp3) is 0.769. The zero-order chi connectivity index (χ0) is 41.3. The molecular weight excluding hydrogens is 735 g/mol. The lowest BCUT2D eigenvalue weighted by atomic mass is 9.32. The van der Waals surface area contributed by atoms with E-state index in [0.29, 0.717) is 49.2 Å². The quantitative estimate of drug-likeness (QED) is 0.191. The molecule has 0 saturated heterocycles. The summed E-state index contributed by atoms with van der Waals surface area (Å²) >= 11 is 0. The number of aliphatic hydroxyl groups excluding tert-OH is 1. The first-order valence-corrected chi connectivity index (χ1v) is 24.0. The van der Waals surface area contributed by atoms with Crippen LogP contribution < -0.4 is 4.74 Å². The normalized spacial score (nSPS) is 47.6. The van der Waals surface area contributed by atoms with Gasteiger partial charge in [-0.05, 0) is 179 Å². The number of fused-ring (bicyclic) bond motifs is 1. The molecule has 8 fully saturated rings. The Kier molecular flexibility index (Phi) is 9.55. The van der Waals surface area contributed by atoms with E-state index in [9.17, 15) is 10.2 Å². The van der Waals surface area contributed by atoms with E-state index in [2.05, 4.69) is 52.8 Å². The summed E-state index contributed by atoms with van der Waals surface area (Å²) in [6, 6.07) is 7.54. The van der Waals surface area contributed by atoms with Gasteiger partial charge in [0.2, 0.25) is 0 Å². The van der Waals surface area contributed by atoms with E-state index >= 15 is 9.59 Å². The lowest BCUT2D eigenvalue weighted by Gasteiger charge is -2.71. The standard InChI is InChI=1S/C52H73NO6/c1-32(2)40-12-7-33(3)21-42(40)59-46(56)53(30-49-25-34-22-35(26-49)24-36(23-34)27-49)31-51(57)18-15-44-48(51,5)17-14-43-47(4)16-13-38(54)28-50(47)19-20-52(43,44)41(29-50)45(55)37-8-10-39(58-6)11-9-37/h8-11,19-20,29,32-36,38,40,42-44,54,57H,7,12-18,21-28,30-31H2,1-6H3/t33-,34?,35?,36?,38?,40+,42-,43+,44+,47+,48-,49?,50-,51+,52+/m0/s1. The van der Waals surface area contributed by atoms with Crippen LogP contribution in [0.5, 0.6) is 5.75 Å². The maximum Gasteiger partial charge on any atom is 0.410 e. The number of rotatable bonds is 9. The van der Waals surface area contributed by atoms with Crippen molar-refractivity contribution in [3.05, 3.63) is 53.6 Å². The summed E-state index contributed by atoms with van der Waals surface area (Å²) < 4.78 is 12.2. The molecule has 1 unspecified atom stereocenters. The van der Waals surface area contributed by atoms with Gasteiger partial charge in [0.05, 0.1) is 25.4 Å². The van der Waals surface area contributed by atoms with E-state index in [0.717, 1.165) is 74.0 Å². The molecule has 7 heteroatoms. The largest absolute Gasteiger partial charge is 0.497 e. The van der Waals surface area contributed by atoms with E-state index in [4.69, 9.17) is 9.47 Å². The van der Waals surface area contributed by atoms with Crippen LogP contribution in [0.25, 0.3) is 0 Å². The molecule has 59 heavy (non-hydrogen) atoms. The second-order valence-corrected chi connectivity index (χ2v) is 23.4. The lowest BCUT2D eigenvalue weighted by molar-refractivity contribution is -0.177. The first-order chi connectivity index (χ1) is 28.0. The molecule has 7 nitrogen and oxygen atoms in total. The molecule has 8 saturated carbocycles. The third-order valence-corrected chi connectivity index (χ3v) is 19.9. The molecule has 1 aromatic carbocycles. The van der Waals surface area contributed by atoms with Gasteiger partial charge in [0.1, 0.15) is 11.9 Å². The zero-order valence-electron chi connectivity index (χ0n) is 37.0. The summed E-state index contributed by atoms with van der Waals surface area (Å²) in [5, 5.41) is 24.8. The Morgan fingerprint density at radius 2 is 1.46 bits per heavy atom. The maximum absolute atomic E-state index is 15.1. The number of nitrogens with zero attached hydrogens (tertiary/aromatic N) is 1. The molecule has 11 aliphatic rings. The van der Waals surface area contributed by atoms with Crippen molar-refractivity contribution in [1.82, 2.24) is 4.90 Å². The summed E-state index contributed by atoms with van der Waals surface area (Å²) in [7, 11) is 1.65. The van der Waals surface area contributed by atoms with E-state index in [1.54, 1.807) is 7.11 Å². The highest BCUT2D eigenvalue weighted by Crippen LogP contribution is 2.78. The molecule has 0 aromatic heterocycles. The number of ether oxygens (including phenoxy) is 2. The molecular formula is C52H73NO6. The Morgan fingerprint density at radius 1 is 0.814 bits per heavy atom. The topological polar surface area (TPSA) is 96.3 Å². The minimum absolute atomic E-state index is 0.0207. The van der Waals surface area contributed by atoms with Crippen molar-refractivity contribution in [2.24, 2.45) is 74.4 Å². The van der Waals surface area contributed by atoms with Crippen LogP contribution in [-0.2, 0) is 4.74 Å². The van der Waals surface area contributed by atoms with E-state index < -0.39 is 22.5 Å². The molecule has 1 aromatic rings. The highest BCUT2D eigenvalue weighted by Gasteiger charge is 2.75. The van der Waals surface area contributed by atoms with Gasteiger partial charge in [-0.1, -0.05) is 59.3 Å². The molecule has 11 atom stereocenters. The predicted octanol–water partition coefficient (Wildman–Crippen LogP) is 10.6. The summed E-state index contributed by atoms with van der Waals surface area (Å²) in [5.74, 6) is 4.63. The Bertz CT molecular complexity index is 1870. The monoisotopic (exact) mass is 808 g/mol. The van der Waals surface area contributed by atoms with Gasteiger partial charge in [0, 0.05) is 33.9 Å². The number of ketones is 1. The molecule has 6 bridgehead atoms. The Hall–Kier alpha value is -2.64. The minimum Gasteiger partial charge on any atom is -0.497 e. The van der Waals surface area contributed by atoms with Crippen LogP contribution in [0.2, 0.25) is 0 Å². The minimum atomic E-state index is -1.13. The average molecular weight is 808 g/mol. The van der Waals surface area contributed by atoms with Crippen LogP contribution in [0.3, 0.4) is 0 Å². The summed E-state index contributed by atoms with van der Waals surface area (Å²) in [4.78, 5) is 32.2. The summed E-state index contributed by atoms with van der Waals surface area (Å²) in [5.41, 5.74) is -1.09. The van der Waals surface area contributed by atoms with Crippen LogP contribution in [0.4, 0.5) is 4.79 Å². The molecule has 322 valence electrons. The first kappa shape index (κ1) is 40.4. The number of benzene rings is 1. The van der Waals surface area contributed by atoms with Crippen molar-refractivity contribution in [1.29, 1.82) is 0 Å². The Labute approximate surface area is 354 Å². The van der Waals surface area contributed by atoms with Gasteiger partial charge in [-0.3, -0.25) is 4.79 Å². The number of carbonyl (C=O) groups is 2. The van der Waals surface area contributed by atoms with Crippen LogP contribution in [0, 0.1) is 74.4 Å². The maximum atomic E-state index is 15.1. The lowest BCUT2D eigenvalue weighted by Crippen LogP contribution is -2.67. The van der Waals surface area contributed by atoms with Crippen LogP contribution in [0.15, 0.2) is 48.1 Å². The molecule has 2 spiro atoms. The van der Waals surface area contributed by atoms with Gasteiger partial charge in [-0.15, -0.1) is 0 Å². The zero-order valence-corrected chi connectivity index (χ0v) is 37.0. The Balaban J connectivity index is 1.02. The van der Waals surface area contributed by atoms with Crippen molar-refractivity contribution in [2.45, 2.75) is 155 Å². The fourth-order valence-electron chi connectivity index (χ4n) is 17.3.